The van der Waals surface area contributed by atoms with Crippen molar-refractivity contribution >= 4 is 16.6 Å². The molecule has 3 heterocycles. The highest BCUT2D eigenvalue weighted by molar-refractivity contribution is 5.88. The van der Waals surface area contributed by atoms with E-state index in [1.54, 1.807) is 6.20 Å². The van der Waals surface area contributed by atoms with Crippen LogP contribution in [0.25, 0.3) is 22.1 Å². The Morgan fingerprint density at radius 1 is 1.15 bits per heavy atom. The zero-order valence-electron chi connectivity index (χ0n) is 15.9. The molecule has 0 amide bonds. The van der Waals surface area contributed by atoms with E-state index < -0.39 is 0 Å². The highest BCUT2D eigenvalue weighted by Gasteiger charge is 2.18. The molecule has 5 heteroatoms. The quantitative estimate of drug-likeness (QED) is 0.685. The summed E-state index contributed by atoms with van der Waals surface area (Å²) in [6.07, 6.45) is 6.34. The highest BCUT2D eigenvalue weighted by atomic mass is 16.4. The van der Waals surface area contributed by atoms with E-state index in [2.05, 4.69) is 27.9 Å². The second kappa shape index (κ2) is 7.61. The lowest BCUT2D eigenvalue weighted by Crippen LogP contribution is -2.37. The Balaban J connectivity index is 1.48. The van der Waals surface area contributed by atoms with Crippen molar-refractivity contribution in [3.05, 3.63) is 48.2 Å². The lowest BCUT2D eigenvalue weighted by molar-refractivity contribution is -0.119. The minimum Gasteiger partial charge on any atom is -0.441 e. The van der Waals surface area contributed by atoms with E-state index in [0.717, 1.165) is 46.8 Å². The van der Waals surface area contributed by atoms with Crippen LogP contribution in [-0.4, -0.2) is 40.3 Å². The van der Waals surface area contributed by atoms with E-state index in [0.29, 0.717) is 18.9 Å². The molecule has 5 nitrogen and oxygen atoms in total. The Kier molecular flexibility index (Phi) is 5.03. The van der Waals surface area contributed by atoms with Gasteiger partial charge < -0.3 is 4.42 Å². The predicted octanol–water partition coefficient (Wildman–Crippen LogP) is 4.04. The molecule has 0 atom stereocenters. The predicted molar refractivity (Wildman–Crippen MR) is 106 cm³/mol. The third kappa shape index (κ3) is 4.25. The summed E-state index contributed by atoms with van der Waals surface area (Å²) in [4.78, 5) is 23.4. The molecule has 1 fully saturated rings. The number of pyridine rings is 1. The molecule has 1 aliphatic heterocycles. The van der Waals surface area contributed by atoms with Crippen LogP contribution in [0.15, 0.2) is 41.1 Å². The van der Waals surface area contributed by atoms with Crippen LogP contribution in [0.4, 0.5) is 0 Å². The van der Waals surface area contributed by atoms with Crippen LogP contribution >= 0.6 is 0 Å². The number of piperidine rings is 1. The first-order valence-corrected chi connectivity index (χ1v) is 9.62. The fraction of sp³-hybridized carbons (Fsp3) is 0.409. The van der Waals surface area contributed by atoms with Gasteiger partial charge in [-0.2, -0.15) is 0 Å². The number of carbonyl (C=O) groups excluding carboxylic acids is 1. The number of Topliss-reactive ketones (excluding diaryl/α,β-unsaturated/α-hetero) is 1. The molecule has 0 spiro atoms. The maximum absolute atomic E-state index is 12.5. The lowest BCUT2D eigenvalue weighted by Gasteiger charge is -2.29. The van der Waals surface area contributed by atoms with Crippen LogP contribution in [0, 0.1) is 12.8 Å². The first-order chi connectivity index (χ1) is 13.1. The molecular formula is C22H25N3O2. The number of ketones is 1. The topological polar surface area (TPSA) is 59.2 Å². The van der Waals surface area contributed by atoms with Gasteiger partial charge in [-0.15, -0.1) is 0 Å². The van der Waals surface area contributed by atoms with Crippen molar-refractivity contribution < 1.29 is 9.21 Å². The molecule has 4 rings (SSSR count). The van der Waals surface area contributed by atoms with Gasteiger partial charge in [0, 0.05) is 29.8 Å². The molecule has 1 aromatic carbocycles. The van der Waals surface area contributed by atoms with Crippen LogP contribution < -0.4 is 0 Å². The van der Waals surface area contributed by atoms with E-state index >= 15 is 0 Å². The average Bonchev–Trinajstić information content (AvgIpc) is 3.09. The number of carbonyl (C=O) groups is 1. The number of nitrogens with zero attached hydrogens (tertiary/aromatic N) is 3. The number of benzene rings is 1. The maximum atomic E-state index is 12.5. The van der Waals surface area contributed by atoms with Gasteiger partial charge in [-0.05, 0) is 49.4 Å². The second-order valence-electron chi connectivity index (χ2n) is 7.66. The third-order valence-corrected chi connectivity index (χ3v) is 5.34. The molecule has 0 unspecified atom stereocenters. The zero-order chi connectivity index (χ0) is 18.8. The van der Waals surface area contributed by atoms with E-state index in [4.69, 9.17) is 4.42 Å². The molecule has 0 radical (unpaired) electrons. The summed E-state index contributed by atoms with van der Waals surface area (Å²) in [5.41, 5.74) is 1.80. The molecule has 0 bridgehead atoms. The number of aromatic nitrogens is 2. The Bertz CT molecular complexity index is 955. The fourth-order valence-corrected chi connectivity index (χ4v) is 3.66. The molecule has 2 aromatic heterocycles. The van der Waals surface area contributed by atoms with Crippen molar-refractivity contribution in [2.75, 3.05) is 19.6 Å². The van der Waals surface area contributed by atoms with Crippen LogP contribution in [0.2, 0.25) is 0 Å². The summed E-state index contributed by atoms with van der Waals surface area (Å²) in [5, 5.41) is 2.11. The molecule has 1 saturated heterocycles. The summed E-state index contributed by atoms with van der Waals surface area (Å²) >= 11 is 0. The number of oxazole rings is 1. The molecule has 0 aliphatic carbocycles. The first-order valence-electron chi connectivity index (χ1n) is 9.62. The maximum Gasteiger partial charge on any atom is 0.191 e. The van der Waals surface area contributed by atoms with Gasteiger partial charge in [-0.3, -0.25) is 14.7 Å². The van der Waals surface area contributed by atoms with E-state index in [9.17, 15) is 4.79 Å². The standard InChI is InChI=1S/C22H25N3O2/c1-15-5-7-25(8-6-15)14-21(26)11-20-10-19-9-17(3-4-18(19)12-24-20)22-13-23-16(2)27-22/h3-4,9-10,12-13,15H,5-8,11,14H2,1-2H3. The molecule has 0 N–H and O–H groups in total. The Hall–Kier alpha value is -2.53. The summed E-state index contributed by atoms with van der Waals surface area (Å²) in [5.74, 6) is 2.42. The van der Waals surface area contributed by atoms with Gasteiger partial charge in [0.2, 0.25) is 0 Å². The normalized spacial score (nSPS) is 16.1. The molecule has 1 aliphatic rings. The number of aryl methyl sites for hydroxylation is 1. The molecular weight excluding hydrogens is 338 g/mol. The fourth-order valence-electron chi connectivity index (χ4n) is 3.66. The van der Waals surface area contributed by atoms with Gasteiger partial charge >= 0.3 is 0 Å². The number of fused-ring (bicyclic) bond motifs is 1. The minimum atomic E-state index is 0.235. The number of likely N-dealkylation sites (tertiary alicyclic amines) is 1. The Morgan fingerprint density at radius 2 is 1.96 bits per heavy atom. The highest BCUT2D eigenvalue weighted by Crippen LogP contribution is 2.25. The van der Waals surface area contributed by atoms with E-state index in [1.165, 1.54) is 12.8 Å². The van der Waals surface area contributed by atoms with Gasteiger partial charge in [0.25, 0.3) is 0 Å². The van der Waals surface area contributed by atoms with Gasteiger partial charge in [0.05, 0.1) is 19.2 Å². The second-order valence-corrected chi connectivity index (χ2v) is 7.66. The molecule has 3 aromatic rings. The Labute approximate surface area is 159 Å². The van der Waals surface area contributed by atoms with Gasteiger partial charge in [0.1, 0.15) is 0 Å². The average molecular weight is 363 g/mol. The monoisotopic (exact) mass is 363 g/mol. The number of rotatable bonds is 5. The first kappa shape index (κ1) is 17.9. The van der Waals surface area contributed by atoms with Crippen molar-refractivity contribution in [1.29, 1.82) is 0 Å². The smallest absolute Gasteiger partial charge is 0.191 e. The largest absolute Gasteiger partial charge is 0.441 e. The van der Waals surface area contributed by atoms with Gasteiger partial charge in [-0.1, -0.05) is 19.1 Å². The van der Waals surface area contributed by atoms with Crippen LogP contribution in [0.5, 0.6) is 0 Å². The van der Waals surface area contributed by atoms with Crippen LogP contribution in [-0.2, 0) is 11.2 Å². The van der Waals surface area contributed by atoms with Gasteiger partial charge in [0.15, 0.2) is 17.4 Å². The van der Waals surface area contributed by atoms with Gasteiger partial charge in [-0.25, -0.2) is 4.98 Å². The Morgan fingerprint density at radius 3 is 2.70 bits per heavy atom. The van der Waals surface area contributed by atoms with E-state index in [1.807, 2.05) is 31.3 Å². The minimum absolute atomic E-state index is 0.235. The van der Waals surface area contributed by atoms with Crippen molar-refractivity contribution in [2.45, 2.75) is 33.1 Å². The van der Waals surface area contributed by atoms with Crippen molar-refractivity contribution in [3.63, 3.8) is 0 Å². The number of hydrogen-bond donors (Lipinski definition) is 0. The van der Waals surface area contributed by atoms with Crippen molar-refractivity contribution in [1.82, 2.24) is 14.9 Å². The summed E-state index contributed by atoms with van der Waals surface area (Å²) in [7, 11) is 0. The zero-order valence-corrected chi connectivity index (χ0v) is 15.9. The molecule has 0 saturated carbocycles. The summed E-state index contributed by atoms with van der Waals surface area (Å²) < 4.78 is 5.62. The van der Waals surface area contributed by atoms with E-state index in [-0.39, 0.29) is 5.78 Å². The third-order valence-electron chi connectivity index (χ3n) is 5.34. The SMILES string of the molecule is Cc1ncc(-c2ccc3cnc(CC(=O)CN4CCC(C)CC4)cc3c2)o1. The van der Waals surface area contributed by atoms with Crippen LogP contribution in [0.1, 0.15) is 31.4 Å². The van der Waals surface area contributed by atoms with Crippen molar-refractivity contribution in [2.24, 2.45) is 5.92 Å². The number of hydrogen-bond acceptors (Lipinski definition) is 5. The summed E-state index contributed by atoms with van der Waals surface area (Å²) in [6, 6.07) is 8.11. The molecule has 140 valence electrons. The van der Waals surface area contributed by atoms with Crippen molar-refractivity contribution in [3.8, 4) is 11.3 Å². The summed E-state index contributed by atoms with van der Waals surface area (Å²) in [6.45, 7) is 6.70. The van der Waals surface area contributed by atoms with Crippen LogP contribution in [0.3, 0.4) is 0 Å². The molecule has 27 heavy (non-hydrogen) atoms. The lowest BCUT2D eigenvalue weighted by atomic mass is 9.99.